The number of aliphatic hydroxyl groups excluding tert-OH is 1. The Morgan fingerprint density at radius 3 is 2.71 bits per heavy atom. The summed E-state index contributed by atoms with van der Waals surface area (Å²) in [5.41, 5.74) is 0.651. The number of aromatic nitrogens is 2. The monoisotopic (exact) mass is 238 g/mol. The van der Waals surface area contributed by atoms with Gasteiger partial charge in [0.25, 0.3) is 0 Å². The molecule has 0 fully saturated rings. The summed E-state index contributed by atoms with van der Waals surface area (Å²) in [6.45, 7) is 2.80. The third-order valence-electron chi connectivity index (χ3n) is 2.65. The number of hydrogen-bond donors (Lipinski definition) is 1. The largest absolute Gasteiger partial charge is 0.477 e. The number of ether oxygens (including phenoxy) is 1. The molecular weight excluding hydrogens is 216 g/mol. The van der Waals surface area contributed by atoms with Gasteiger partial charge in [0.05, 0.1) is 18.8 Å². The molecule has 96 valence electrons. The van der Waals surface area contributed by atoms with E-state index in [2.05, 4.69) is 16.9 Å². The highest BCUT2D eigenvalue weighted by atomic mass is 16.5. The van der Waals surface area contributed by atoms with Crippen LogP contribution in [0.4, 0.5) is 0 Å². The average molecular weight is 238 g/mol. The number of unbranched alkanes of at least 4 members (excludes halogenated alkanes) is 5. The summed E-state index contributed by atoms with van der Waals surface area (Å²) in [5.74, 6) is 0.510. The maximum Gasteiger partial charge on any atom is 0.221 e. The zero-order chi connectivity index (χ0) is 12.3. The molecular formula is C13H22N2O2. The lowest BCUT2D eigenvalue weighted by molar-refractivity contribution is 0.253. The van der Waals surface area contributed by atoms with Crippen LogP contribution < -0.4 is 4.74 Å². The van der Waals surface area contributed by atoms with Gasteiger partial charge in [-0.25, -0.2) is 9.97 Å². The van der Waals surface area contributed by atoms with Gasteiger partial charge >= 0.3 is 0 Å². The summed E-state index contributed by atoms with van der Waals surface area (Å²) < 4.78 is 5.52. The van der Waals surface area contributed by atoms with E-state index >= 15 is 0 Å². The number of rotatable bonds is 9. The van der Waals surface area contributed by atoms with Crippen molar-refractivity contribution in [2.24, 2.45) is 0 Å². The van der Waals surface area contributed by atoms with E-state index in [9.17, 15) is 0 Å². The topological polar surface area (TPSA) is 55.2 Å². The summed E-state index contributed by atoms with van der Waals surface area (Å²) >= 11 is 0. The Kier molecular flexibility index (Phi) is 7.30. The van der Waals surface area contributed by atoms with Crippen molar-refractivity contribution in [1.82, 2.24) is 9.97 Å². The molecule has 0 radical (unpaired) electrons. The number of hydrogen-bond acceptors (Lipinski definition) is 4. The van der Waals surface area contributed by atoms with Crippen LogP contribution in [0.2, 0.25) is 0 Å². The van der Waals surface area contributed by atoms with Crippen molar-refractivity contribution in [2.75, 3.05) is 6.61 Å². The Morgan fingerprint density at radius 1 is 1.18 bits per heavy atom. The molecule has 0 unspecified atom stereocenters. The number of nitrogens with zero attached hydrogens (tertiary/aromatic N) is 2. The number of aliphatic hydroxyl groups is 1. The second-order valence-corrected chi connectivity index (χ2v) is 4.13. The van der Waals surface area contributed by atoms with Crippen molar-refractivity contribution in [1.29, 1.82) is 0 Å². The fourth-order valence-electron chi connectivity index (χ4n) is 1.64. The minimum Gasteiger partial charge on any atom is -0.477 e. The van der Waals surface area contributed by atoms with Crippen LogP contribution in [0.15, 0.2) is 12.5 Å². The van der Waals surface area contributed by atoms with Gasteiger partial charge in [-0.2, -0.15) is 0 Å². The van der Waals surface area contributed by atoms with E-state index in [1.807, 2.05) is 0 Å². The van der Waals surface area contributed by atoms with Crippen molar-refractivity contribution < 1.29 is 9.84 Å². The zero-order valence-corrected chi connectivity index (χ0v) is 10.6. The van der Waals surface area contributed by atoms with Gasteiger partial charge in [-0.1, -0.05) is 39.0 Å². The van der Waals surface area contributed by atoms with Crippen LogP contribution in [0, 0.1) is 0 Å². The van der Waals surface area contributed by atoms with Crippen molar-refractivity contribution in [3.63, 3.8) is 0 Å². The standard InChI is InChI=1S/C13H22N2O2/c1-2-3-4-5-6-7-8-17-13-12(10-16)9-14-11-15-13/h9,11,16H,2-8,10H2,1H3. The van der Waals surface area contributed by atoms with Crippen molar-refractivity contribution >= 4 is 0 Å². The smallest absolute Gasteiger partial charge is 0.221 e. The molecule has 0 bridgehead atoms. The Hall–Kier alpha value is -1.16. The van der Waals surface area contributed by atoms with E-state index in [-0.39, 0.29) is 6.61 Å². The van der Waals surface area contributed by atoms with Gasteiger partial charge in [-0.05, 0) is 6.42 Å². The van der Waals surface area contributed by atoms with Crippen LogP contribution in [0.3, 0.4) is 0 Å². The molecule has 17 heavy (non-hydrogen) atoms. The van der Waals surface area contributed by atoms with Gasteiger partial charge < -0.3 is 9.84 Å². The highest BCUT2D eigenvalue weighted by molar-refractivity contribution is 5.20. The summed E-state index contributed by atoms with van der Waals surface area (Å²) in [6.07, 6.45) is 10.4. The second-order valence-electron chi connectivity index (χ2n) is 4.13. The maximum absolute atomic E-state index is 9.06. The highest BCUT2D eigenvalue weighted by Gasteiger charge is 2.03. The van der Waals surface area contributed by atoms with Gasteiger partial charge in [0.1, 0.15) is 6.33 Å². The van der Waals surface area contributed by atoms with E-state index in [1.165, 1.54) is 38.4 Å². The van der Waals surface area contributed by atoms with E-state index in [4.69, 9.17) is 9.84 Å². The van der Waals surface area contributed by atoms with Crippen molar-refractivity contribution in [3.8, 4) is 5.88 Å². The quantitative estimate of drug-likeness (QED) is 0.672. The van der Waals surface area contributed by atoms with Gasteiger partial charge in [-0.3, -0.25) is 0 Å². The molecule has 1 aromatic rings. The van der Waals surface area contributed by atoms with E-state index < -0.39 is 0 Å². The molecule has 0 amide bonds. The van der Waals surface area contributed by atoms with E-state index in [0.29, 0.717) is 18.1 Å². The average Bonchev–Trinajstić information content (AvgIpc) is 2.38. The molecule has 1 N–H and O–H groups in total. The predicted molar refractivity (Wildman–Crippen MR) is 66.8 cm³/mol. The zero-order valence-electron chi connectivity index (χ0n) is 10.6. The maximum atomic E-state index is 9.06. The minimum atomic E-state index is -0.0767. The fraction of sp³-hybridized carbons (Fsp3) is 0.692. The van der Waals surface area contributed by atoms with Crippen LogP contribution in [0.5, 0.6) is 5.88 Å². The summed E-state index contributed by atoms with van der Waals surface area (Å²) in [5, 5.41) is 9.06. The molecule has 0 saturated carbocycles. The Bertz CT molecular complexity index is 305. The first-order chi connectivity index (χ1) is 8.38. The summed E-state index contributed by atoms with van der Waals surface area (Å²) in [7, 11) is 0. The normalized spacial score (nSPS) is 10.5. The van der Waals surface area contributed by atoms with Crippen molar-refractivity contribution in [3.05, 3.63) is 18.1 Å². The lowest BCUT2D eigenvalue weighted by Crippen LogP contribution is -2.03. The first kappa shape index (κ1) is 13.9. The molecule has 0 aromatic carbocycles. The molecule has 1 aromatic heterocycles. The van der Waals surface area contributed by atoms with Crippen LogP contribution in [0.1, 0.15) is 51.0 Å². The first-order valence-corrected chi connectivity index (χ1v) is 6.41. The van der Waals surface area contributed by atoms with Gasteiger partial charge in [0.15, 0.2) is 0 Å². The molecule has 0 aliphatic carbocycles. The third-order valence-corrected chi connectivity index (χ3v) is 2.65. The lowest BCUT2D eigenvalue weighted by atomic mass is 10.1. The molecule has 0 aliphatic heterocycles. The SMILES string of the molecule is CCCCCCCCOc1ncncc1CO. The van der Waals surface area contributed by atoms with Crippen molar-refractivity contribution in [2.45, 2.75) is 52.1 Å². The Morgan fingerprint density at radius 2 is 1.94 bits per heavy atom. The fourth-order valence-corrected chi connectivity index (χ4v) is 1.64. The molecule has 4 nitrogen and oxygen atoms in total. The third kappa shape index (κ3) is 5.63. The molecule has 0 saturated heterocycles. The summed E-state index contributed by atoms with van der Waals surface area (Å²) in [6, 6.07) is 0. The predicted octanol–water partition coefficient (Wildman–Crippen LogP) is 2.71. The molecule has 0 atom stereocenters. The lowest BCUT2D eigenvalue weighted by Gasteiger charge is -2.07. The van der Waals surface area contributed by atoms with Gasteiger partial charge in [-0.15, -0.1) is 0 Å². The molecule has 1 rings (SSSR count). The van der Waals surface area contributed by atoms with Crippen LogP contribution in [-0.4, -0.2) is 21.7 Å². The second kappa shape index (κ2) is 8.93. The van der Waals surface area contributed by atoms with Gasteiger partial charge in [0.2, 0.25) is 5.88 Å². The molecule has 0 aliphatic rings. The van der Waals surface area contributed by atoms with E-state index in [0.717, 1.165) is 6.42 Å². The Balaban J connectivity index is 2.13. The van der Waals surface area contributed by atoms with Crippen LogP contribution in [-0.2, 0) is 6.61 Å². The minimum absolute atomic E-state index is 0.0767. The first-order valence-electron chi connectivity index (χ1n) is 6.41. The Labute approximate surface area is 103 Å². The highest BCUT2D eigenvalue weighted by Crippen LogP contribution is 2.13. The molecule has 1 heterocycles. The van der Waals surface area contributed by atoms with Crippen LogP contribution >= 0.6 is 0 Å². The molecule has 0 spiro atoms. The van der Waals surface area contributed by atoms with E-state index in [1.54, 1.807) is 6.20 Å². The van der Waals surface area contributed by atoms with Gasteiger partial charge in [0, 0.05) is 6.20 Å². The van der Waals surface area contributed by atoms with Crippen LogP contribution in [0.25, 0.3) is 0 Å². The molecule has 4 heteroatoms. The summed E-state index contributed by atoms with van der Waals surface area (Å²) in [4.78, 5) is 7.85.